The van der Waals surface area contributed by atoms with Crippen LogP contribution in [0, 0.1) is 6.92 Å². The van der Waals surface area contributed by atoms with E-state index in [1.807, 2.05) is 6.92 Å². The summed E-state index contributed by atoms with van der Waals surface area (Å²) in [6, 6.07) is 3.46. The molecule has 3 rings (SSSR count). The first-order valence-corrected chi connectivity index (χ1v) is 9.48. The van der Waals surface area contributed by atoms with E-state index in [-0.39, 0.29) is 17.5 Å². The number of aromatic nitrogens is 3. The number of hydrogen-bond donors (Lipinski definition) is 1. The van der Waals surface area contributed by atoms with E-state index in [9.17, 15) is 9.59 Å². The maximum absolute atomic E-state index is 12.2. The fourth-order valence-corrected chi connectivity index (χ4v) is 3.73. The summed E-state index contributed by atoms with van der Waals surface area (Å²) >= 11 is 1.48. The van der Waals surface area contributed by atoms with E-state index in [1.54, 1.807) is 17.6 Å². The molecule has 134 valence electrons. The lowest BCUT2D eigenvalue weighted by Gasteiger charge is -2.35. The topological polar surface area (TPSA) is 80.1 Å². The van der Waals surface area contributed by atoms with Crippen LogP contribution in [0.4, 0.5) is 0 Å². The van der Waals surface area contributed by atoms with Gasteiger partial charge in [-0.3, -0.25) is 14.5 Å². The molecule has 2 aromatic heterocycles. The van der Waals surface area contributed by atoms with Crippen molar-refractivity contribution >= 4 is 17.2 Å². The lowest BCUT2D eigenvalue weighted by atomic mass is 10.0. The third-order valence-corrected chi connectivity index (χ3v) is 5.26. The summed E-state index contributed by atoms with van der Waals surface area (Å²) in [6.07, 6.45) is 4.99. The van der Waals surface area contributed by atoms with Crippen LogP contribution in [0.3, 0.4) is 0 Å². The molecule has 1 N–H and O–H groups in total. The zero-order chi connectivity index (χ0) is 17.6. The lowest BCUT2D eigenvalue weighted by Crippen LogP contribution is -2.48. The van der Waals surface area contributed by atoms with Crippen LogP contribution < -0.4 is 10.9 Å². The minimum atomic E-state index is -0.115. The van der Waals surface area contributed by atoms with Crippen molar-refractivity contribution in [2.24, 2.45) is 0 Å². The number of rotatable bonds is 6. The molecule has 1 fully saturated rings. The molecule has 1 aliphatic heterocycles. The van der Waals surface area contributed by atoms with Crippen LogP contribution in [0.1, 0.15) is 34.8 Å². The molecule has 25 heavy (non-hydrogen) atoms. The number of hydrogen-bond acceptors (Lipinski definition) is 6. The lowest BCUT2D eigenvalue weighted by molar-refractivity contribution is 0.0905. The quantitative estimate of drug-likeness (QED) is 0.839. The molecule has 2 aromatic rings. The number of piperidine rings is 1. The van der Waals surface area contributed by atoms with Crippen LogP contribution in [0.15, 0.2) is 28.5 Å². The first kappa shape index (κ1) is 17.8. The Hall–Kier alpha value is -2.06. The zero-order valence-corrected chi connectivity index (χ0v) is 15.2. The minimum absolute atomic E-state index is 0.0803. The molecule has 0 radical (unpaired) electrons. The molecular formula is C17H23N5O2S. The van der Waals surface area contributed by atoms with Crippen LogP contribution in [0.25, 0.3) is 0 Å². The molecule has 8 heteroatoms. The van der Waals surface area contributed by atoms with Crippen molar-refractivity contribution in [3.63, 3.8) is 0 Å². The van der Waals surface area contributed by atoms with Crippen LogP contribution in [-0.2, 0) is 6.54 Å². The van der Waals surface area contributed by atoms with Crippen molar-refractivity contribution in [1.29, 1.82) is 0 Å². The van der Waals surface area contributed by atoms with Crippen LogP contribution in [-0.4, -0.2) is 51.2 Å². The molecule has 0 bridgehead atoms. The summed E-state index contributed by atoms with van der Waals surface area (Å²) in [6.45, 7) is 4.80. The van der Waals surface area contributed by atoms with Gasteiger partial charge < -0.3 is 5.32 Å². The van der Waals surface area contributed by atoms with Gasteiger partial charge in [0.15, 0.2) is 0 Å². The van der Waals surface area contributed by atoms with E-state index in [4.69, 9.17) is 0 Å². The van der Waals surface area contributed by atoms with Gasteiger partial charge in [0.2, 0.25) is 0 Å². The first-order chi connectivity index (χ1) is 12.1. The number of amides is 1. The predicted octanol–water partition coefficient (Wildman–Crippen LogP) is 1.29. The summed E-state index contributed by atoms with van der Waals surface area (Å²) < 4.78 is 1.49. The van der Waals surface area contributed by atoms with Gasteiger partial charge in [-0.1, -0.05) is 6.42 Å². The van der Waals surface area contributed by atoms with Crippen molar-refractivity contribution in [2.45, 2.75) is 38.8 Å². The number of likely N-dealkylation sites (tertiary alicyclic amines) is 1. The summed E-state index contributed by atoms with van der Waals surface area (Å²) in [4.78, 5) is 30.5. The van der Waals surface area contributed by atoms with Crippen molar-refractivity contribution in [1.82, 2.24) is 25.0 Å². The summed E-state index contributed by atoms with van der Waals surface area (Å²) in [5, 5.41) is 9.79. The molecule has 1 unspecified atom stereocenters. The Morgan fingerprint density at radius 2 is 2.28 bits per heavy atom. The van der Waals surface area contributed by atoms with E-state index in [2.05, 4.69) is 20.3 Å². The molecule has 0 saturated carbocycles. The Bertz CT molecular complexity index is 772. The average Bonchev–Trinajstić information content (AvgIpc) is 3.06. The summed E-state index contributed by atoms with van der Waals surface area (Å²) in [5.74, 6) is -0.115. The Labute approximate surface area is 150 Å². The van der Waals surface area contributed by atoms with Crippen LogP contribution >= 0.6 is 11.3 Å². The van der Waals surface area contributed by atoms with Gasteiger partial charge in [-0.2, -0.15) is 5.10 Å². The second kappa shape index (κ2) is 8.35. The normalized spacial score (nSPS) is 18.2. The van der Waals surface area contributed by atoms with Crippen LogP contribution in [0.2, 0.25) is 0 Å². The third-order valence-electron chi connectivity index (χ3n) is 4.48. The van der Waals surface area contributed by atoms with Crippen molar-refractivity contribution in [3.8, 4) is 0 Å². The first-order valence-electron chi connectivity index (χ1n) is 8.60. The van der Waals surface area contributed by atoms with Gasteiger partial charge in [-0.15, -0.1) is 11.3 Å². The fourth-order valence-electron chi connectivity index (χ4n) is 3.13. The highest BCUT2D eigenvalue weighted by atomic mass is 32.1. The number of thiazole rings is 1. The number of nitrogens with one attached hydrogen (secondary N) is 1. The van der Waals surface area contributed by atoms with Gasteiger partial charge >= 0.3 is 0 Å². The molecular weight excluding hydrogens is 338 g/mol. The molecule has 1 aliphatic rings. The molecule has 0 spiro atoms. The minimum Gasteiger partial charge on any atom is -0.349 e. The maximum atomic E-state index is 12.2. The largest absolute Gasteiger partial charge is 0.349 e. The van der Waals surface area contributed by atoms with E-state index < -0.39 is 0 Å². The Balaban J connectivity index is 1.54. The maximum Gasteiger partial charge on any atom is 0.270 e. The van der Waals surface area contributed by atoms with E-state index in [0.717, 1.165) is 37.4 Å². The second-order valence-electron chi connectivity index (χ2n) is 6.23. The second-order valence-corrected chi connectivity index (χ2v) is 7.29. The van der Waals surface area contributed by atoms with Gasteiger partial charge in [-0.25, -0.2) is 9.67 Å². The monoisotopic (exact) mass is 361 g/mol. The van der Waals surface area contributed by atoms with E-state index in [0.29, 0.717) is 18.8 Å². The van der Waals surface area contributed by atoms with Crippen molar-refractivity contribution < 1.29 is 4.79 Å². The number of carbonyl (C=O) groups is 1. The highest BCUT2D eigenvalue weighted by Crippen LogP contribution is 2.16. The van der Waals surface area contributed by atoms with Gasteiger partial charge in [0.1, 0.15) is 5.69 Å². The molecule has 1 saturated heterocycles. The highest BCUT2D eigenvalue weighted by Gasteiger charge is 2.23. The summed E-state index contributed by atoms with van der Waals surface area (Å²) in [5.41, 5.74) is 0.410. The predicted molar refractivity (Wildman–Crippen MR) is 96.9 cm³/mol. The fraction of sp³-hybridized carbons (Fsp3) is 0.529. The molecule has 0 aromatic carbocycles. The smallest absolute Gasteiger partial charge is 0.270 e. The number of aryl methyl sites for hydroxylation is 1. The van der Waals surface area contributed by atoms with Gasteiger partial charge in [0, 0.05) is 36.8 Å². The summed E-state index contributed by atoms with van der Waals surface area (Å²) in [7, 11) is 0. The number of carbonyl (C=O) groups excluding carboxylic acids is 1. The Morgan fingerprint density at radius 1 is 1.40 bits per heavy atom. The number of nitrogens with zero attached hydrogens (tertiary/aromatic N) is 4. The van der Waals surface area contributed by atoms with Crippen LogP contribution in [0.5, 0.6) is 0 Å². The zero-order valence-electron chi connectivity index (χ0n) is 14.4. The molecule has 1 amide bonds. The van der Waals surface area contributed by atoms with Gasteiger partial charge in [0.25, 0.3) is 11.5 Å². The highest BCUT2D eigenvalue weighted by molar-refractivity contribution is 7.09. The van der Waals surface area contributed by atoms with Gasteiger partial charge in [0.05, 0.1) is 11.6 Å². The Kier molecular flexibility index (Phi) is 5.93. The van der Waals surface area contributed by atoms with Crippen molar-refractivity contribution in [3.05, 3.63) is 44.8 Å². The molecule has 0 aliphatic carbocycles. The average molecular weight is 361 g/mol. The molecule has 1 atom stereocenters. The standard InChI is InChI=1S/C17H23N5O2S/c1-13-20-15(12-25-13)17(24)18-11-14-5-2-3-8-21(14)9-10-22-16(23)6-4-7-19-22/h4,6-7,12,14H,2-3,5,8-11H2,1H3,(H,18,24). The Morgan fingerprint density at radius 3 is 3.04 bits per heavy atom. The molecule has 7 nitrogen and oxygen atoms in total. The van der Waals surface area contributed by atoms with Crippen molar-refractivity contribution in [2.75, 3.05) is 19.6 Å². The SMILES string of the molecule is Cc1nc(C(=O)NCC2CCCCN2CCn2ncccc2=O)cs1. The van der Waals surface area contributed by atoms with E-state index >= 15 is 0 Å². The van der Waals surface area contributed by atoms with E-state index in [1.165, 1.54) is 22.1 Å². The third kappa shape index (κ3) is 4.73. The van der Waals surface area contributed by atoms with Gasteiger partial charge in [-0.05, 0) is 32.4 Å². The molecule has 3 heterocycles.